The van der Waals surface area contributed by atoms with E-state index in [0.29, 0.717) is 36.2 Å². The number of methoxy groups -OCH3 is 1. The molecule has 0 aliphatic heterocycles. The van der Waals surface area contributed by atoms with Gasteiger partial charge in [-0.25, -0.2) is 9.59 Å². The van der Waals surface area contributed by atoms with Gasteiger partial charge in [0.15, 0.2) is 0 Å². The van der Waals surface area contributed by atoms with Crippen LogP contribution in [0.1, 0.15) is 22.3 Å². The number of aliphatic carboxylic acids is 1. The SMILES string of the molecule is C=CC(=O)OC.Clc1ccc(/C=C(/I)c2ccc(Cl)cc2Cl)cc1.O=C(O)/C=C/C(=C/c1ccc(Cl)cc1)c1ccc(Cl)cc1Cl.[Na+].[OH-]. The molecule has 0 heterocycles. The number of halogens is 7. The van der Waals surface area contributed by atoms with Crippen molar-refractivity contribution in [1.82, 2.24) is 0 Å². The molecule has 0 radical (unpaired) electrons. The molecule has 0 bridgehead atoms. The normalized spacial score (nSPS) is 10.7. The van der Waals surface area contributed by atoms with Crippen molar-refractivity contribution in [2.45, 2.75) is 0 Å². The molecule has 13 heteroatoms. The van der Waals surface area contributed by atoms with Crippen LogP contribution in [0, 0.1) is 0 Å². The van der Waals surface area contributed by atoms with Crippen LogP contribution in [-0.2, 0) is 14.3 Å². The molecule has 48 heavy (non-hydrogen) atoms. The van der Waals surface area contributed by atoms with Crippen molar-refractivity contribution in [3.8, 4) is 0 Å². The van der Waals surface area contributed by atoms with E-state index >= 15 is 0 Å². The van der Waals surface area contributed by atoms with Crippen molar-refractivity contribution >= 4 is 125 Å². The Morgan fingerprint density at radius 1 is 0.688 bits per heavy atom. The van der Waals surface area contributed by atoms with E-state index in [-0.39, 0.29) is 35.0 Å². The van der Waals surface area contributed by atoms with E-state index in [1.165, 1.54) is 13.2 Å². The summed E-state index contributed by atoms with van der Waals surface area (Å²) in [5, 5.41) is 12.4. The second kappa shape index (κ2) is 24.4. The molecular formula is C35H26Cl6INaO5. The fourth-order valence-electron chi connectivity index (χ4n) is 3.39. The number of hydrogen-bond acceptors (Lipinski definition) is 4. The van der Waals surface area contributed by atoms with Crippen LogP contribution >= 0.6 is 92.2 Å². The zero-order valence-corrected chi connectivity index (χ0v) is 34.1. The van der Waals surface area contributed by atoms with Gasteiger partial charge in [0.1, 0.15) is 0 Å². The van der Waals surface area contributed by atoms with Crippen molar-refractivity contribution in [2.24, 2.45) is 0 Å². The second-order valence-electron chi connectivity index (χ2n) is 8.84. The largest absolute Gasteiger partial charge is 1.00 e. The summed E-state index contributed by atoms with van der Waals surface area (Å²) in [6.07, 6.45) is 7.54. The van der Waals surface area contributed by atoms with Crippen molar-refractivity contribution in [3.05, 3.63) is 162 Å². The quantitative estimate of drug-likeness (QED) is 0.0499. The van der Waals surface area contributed by atoms with Crippen LogP contribution in [-0.4, -0.2) is 29.6 Å². The summed E-state index contributed by atoms with van der Waals surface area (Å²) in [6.45, 7) is 3.16. The van der Waals surface area contributed by atoms with E-state index in [1.807, 2.05) is 60.7 Å². The van der Waals surface area contributed by atoms with Crippen LogP contribution in [0.3, 0.4) is 0 Å². The Balaban J connectivity index is 0.000000769. The van der Waals surface area contributed by atoms with Gasteiger partial charge in [-0.1, -0.05) is 113 Å². The van der Waals surface area contributed by atoms with Crippen molar-refractivity contribution in [2.75, 3.05) is 7.11 Å². The minimum absolute atomic E-state index is 0. The summed E-state index contributed by atoms with van der Waals surface area (Å²) >= 11 is 38.1. The molecule has 0 amide bonds. The number of carboxylic acid groups (broad SMARTS) is 1. The molecule has 4 aromatic rings. The molecule has 5 nitrogen and oxygen atoms in total. The molecule has 246 valence electrons. The fourth-order valence-corrected chi connectivity index (χ4v) is 5.66. The number of carbonyl (C=O) groups excluding carboxylic acids is 1. The Kier molecular flexibility index (Phi) is 23.5. The fraction of sp³-hybridized carbons (Fsp3) is 0.0286. The molecule has 2 N–H and O–H groups in total. The van der Waals surface area contributed by atoms with Crippen molar-refractivity contribution in [3.63, 3.8) is 0 Å². The molecule has 0 aliphatic carbocycles. The maximum atomic E-state index is 10.8. The zero-order chi connectivity index (χ0) is 34.2. The van der Waals surface area contributed by atoms with Gasteiger partial charge >= 0.3 is 41.5 Å². The maximum Gasteiger partial charge on any atom is 1.00 e. The average Bonchev–Trinajstić information content (AvgIpc) is 3.01. The minimum Gasteiger partial charge on any atom is -0.870 e. The number of hydrogen-bond donors (Lipinski definition) is 1. The summed E-state index contributed by atoms with van der Waals surface area (Å²) in [7, 11) is 1.31. The van der Waals surface area contributed by atoms with Gasteiger partial charge in [-0.05, 0) is 106 Å². The van der Waals surface area contributed by atoms with Crippen LogP contribution in [0.25, 0.3) is 21.3 Å². The smallest absolute Gasteiger partial charge is 0.870 e. The number of ether oxygens (including phenoxy) is 1. The van der Waals surface area contributed by atoms with Crippen molar-refractivity contribution < 1.29 is 54.5 Å². The Bertz CT molecular complexity index is 1760. The number of carboxylic acids is 1. The summed E-state index contributed by atoms with van der Waals surface area (Å²) in [6, 6.07) is 25.4. The predicted octanol–water partition coefficient (Wildman–Crippen LogP) is 9.58. The van der Waals surface area contributed by atoms with Crippen molar-refractivity contribution in [1.29, 1.82) is 0 Å². The van der Waals surface area contributed by atoms with Gasteiger partial charge in [-0.15, -0.1) is 0 Å². The minimum atomic E-state index is -1.04. The van der Waals surface area contributed by atoms with Gasteiger partial charge in [0.2, 0.25) is 0 Å². The summed E-state index contributed by atoms with van der Waals surface area (Å²) < 4.78 is 5.19. The monoisotopic (exact) mass is 886 g/mol. The molecule has 4 rings (SSSR count). The average molecular weight is 889 g/mol. The molecule has 0 aromatic heterocycles. The third kappa shape index (κ3) is 17.2. The number of esters is 1. The van der Waals surface area contributed by atoms with Crippen LogP contribution in [0.5, 0.6) is 0 Å². The van der Waals surface area contributed by atoms with Gasteiger partial charge in [0.05, 0.1) is 12.1 Å². The molecule has 0 spiro atoms. The number of rotatable bonds is 7. The van der Waals surface area contributed by atoms with E-state index in [4.69, 9.17) is 74.7 Å². The van der Waals surface area contributed by atoms with E-state index in [1.54, 1.807) is 36.4 Å². The molecule has 0 saturated heterocycles. The van der Waals surface area contributed by atoms with Crippen LogP contribution in [0.15, 0.2) is 110 Å². The Labute approximate surface area is 345 Å². The van der Waals surface area contributed by atoms with Crippen LogP contribution < -0.4 is 29.6 Å². The first-order valence-corrected chi connectivity index (χ1v) is 16.3. The molecule has 0 aliphatic rings. The maximum absolute atomic E-state index is 10.8. The first-order valence-electron chi connectivity index (χ1n) is 12.9. The summed E-state index contributed by atoms with van der Waals surface area (Å²) in [5.74, 6) is -1.43. The van der Waals surface area contributed by atoms with Gasteiger partial charge in [0.25, 0.3) is 0 Å². The topological polar surface area (TPSA) is 93.6 Å². The number of benzene rings is 4. The first kappa shape index (κ1) is 46.2. The molecule has 0 fully saturated rings. The third-order valence-corrected chi connectivity index (χ3v) is 8.05. The standard InChI is InChI=1S/C17H11Cl3O2.C14H8Cl3I.C4H6O2.Na.H2O/c18-13-4-1-11(2-5-13)9-12(3-8-17(21)22)15-7-6-14(19)10-16(15)20;15-10-3-1-9(2-4-10)7-14(18)12-6-5-11(16)8-13(12)17;1-3-4(5)6-2;;/h1-10H,(H,21,22);1-8H;3H,1H2,2H3;;1H2/q;;;+1;/p-1/b8-3+,12-9-;14-7+;;;. The summed E-state index contributed by atoms with van der Waals surface area (Å²) in [4.78, 5) is 20.6. The Morgan fingerprint density at radius 2 is 1.10 bits per heavy atom. The van der Waals surface area contributed by atoms with Gasteiger partial charge in [-0.3, -0.25) is 0 Å². The molecule has 0 atom stereocenters. The number of carbonyl (C=O) groups is 2. The summed E-state index contributed by atoms with van der Waals surface area (Å²) in [5.41, 5.74) is 4.27. The van der Waals surface area contributed by atoms with E-state index in [2.05, 4.69) is 33.9 Å². The van der Waals surface area contributed by atoms with E-state index in [9.17, 15) is 9.59 Å². The van der Waals surface area contributed by atoms with Crippen LogP contribution in [0.4, 0.5) is 0 Å². The van der Waals surface area contributed by atoms with E-state index in [0.717, 1.165) is 37.4 Å². The van der Waals surface area contributed by atoms with Gasteiger partial charge in [-0.2, -0.15) is 0 Å². The molecular weight excluding hydrogens is 863 g/mol. The number of allylic oxidation sites excluding steroid dienone is 2. The van der Waals surface area contributed by atoms with Gasteiger partial charge in [0, 0.05) is 52.0 Å². The zero-order valence-electron chi connectivity index (χ0n) is 25.4. The van der Waals surface area contributed by atoms with Gasteiger partial charge < -0.3 is 15.3 Å². The third-order valence-electron chi connectivity index (χ3n) is 5.56. The Morgan fingerprint density at radius 3 is 1.48 bits per heavy atom. The Hall–Kier alpha value is -1.79. The predicted molar refractivity (Wildman–Crippen MR) is 207 cm³/mol. The molecule has 0 saturated carbocycles. The van der Waals surface area contributed by atoms with Crippen LogP contribution in [0.2, 0.25) is 30.1 Å². The molecule has 4 aromatic carbocycles. The van der Waals surface area contributed by atoms with E-state index < -0.39 is 11.9 Å². The molecule has 0 unspecified atom stereocenters. The first-order chi connectivity index (χ1) is 21.8. The second-order valence-corrected chi connectivity index (χ2v) is 12.6.